The van der Waals surface area contributed by atoms with Crippen molar-refractivity contribution in [3.8, 4) is 0 Å². The van der Waals surface area contributed by atoms with Gasteiger partial charge in [-0.15, -0.1) is 0 Å². The van der Waals surface area contributed by atoms with Crippen LogP contribution >= 0.6 is 0 Å². The first-order chi connectivity index (χ1) is 8.92. The van der Waals surface area contributed by atoms with Crippen LogP contribution in [0.5, 0.6) is 0 Å². The van der Waals surface area contributed by atoms with Crippen LogP contribution in [0, 0.1) is 5.41 Å². The first-order valence-electron chi connectivity index (χ1n) is 7.43. The van der Waals surface area contributed by atoms with Crippen LogP contribution in [0.15, 0.2) is 0 Å². The molecule has 0 aromatic carbocycles. The van der Waals surface area contributed by atoms with Crippen LogP contribution in [0.3, 0.4) is 0 Å². The van der Waals surface area contributed by atoms with Gasteiger partial charge >= 0.3 is 5.97 Å². The lowest BCUT2D eigenvalue weighted by molar-refractivity contribution is -0.146. The summed E-state index contributed by atoms with van der Waals surface area (Å²) in [4.78, 5) is 11.8. The van der Waals surface area contributed by atoms with Gasteiger partial charge in [0.1, 0.15) is 6.04 Å². The third-order valence-electron chi connectivity index (χ3n) is 3.13. The number of rotatable bonds is 9. The maximum Gasteiger partial charge on any atom is 0.323 e. The van der Waals surface area contributed by atoms with E-state index in [1.54, 1.807) is 0 Å². The average molecular weight is 271 g/mol. The van der Waals surface area contributed by atoms with Gasteiger partial charge in [-0.25, -0.2) is 0 Å². The molecule has 4 heteroatoms. The maximum atomic E-state index is 11.8. The zero-order valence-corrected chi connectivity index (χ0v) is 12.8. The van der Waals surface area contributed by atoms with Gasteiger partial charge in [-0.1, -0.05) is 20.8 Å². The van der Waals surface area contributed by atoms with Gasteiger partial charge in [0, 0.05) is 19.3 Å². The van der Waals surface area contributed by atoms with E-state index in [-0.39, 0.29) is 12.0 Å². The summed E-state index contributed by atoms with van der Waals surface area (Å²) in [6.45, 7) is 10.2. The van der Waals surface area contributed by atoms with Crippen molar-refractivity contribution in [2.75, 3.05) is 19.8 Å². The lowest BCUT2D eigenvalue weighted by Crippen LogP contribution is -2.40. The fourth-order valence-corrected chi connectivity index (χ4v) is 1.73. The second-order valence-corrected chi connectivity index (χ2v) is 6.46. The molecule has 1 atom stereocenters. The fourth-order valence-electron chi connectivity index (χ4n) is 1.73. The quantitative estimate of drug-likeness (QED) is 0.517. The smallest absolute Gasteiger partial charge is 0.323 e. The zero-order valence-electron chi connectivity index (χ0n) is 12.8. The molecule has 0 aliphatic heterocycles. The first-order valence-corrected chi connectivity index (χ1v) is 7.43. The van der Waals surface area contributed by atoms with Gasteiger partial charge < -0.3 is 14.8 Å². The van der Waals surface area contributed by atoms with Crippen LogP contribution in [0.2, 0.25) is 0 Å². The lowest BCUT2D eigenvalue weighted by Gasteiger charge is -2.19. The number of ether oxygens (including phenoxy) is 2. The van der Waals surface area contributed by atoms with Gasteiger partial charge in [0.15, 0.2) is 0 Å². The molecule has 1 rings (SSSR count). The Bertz CT molecular complexity index is 269. The van der Waals surface area contributed by atoms with E-state index in [1.165, 1.54) is 12.8 Å². The summed E-state index contributed by atoms with van der Waals surface area (Å²) in [5.41, 5.74) is 0.298. The summed E-state index contributed by atoms with van der Waals surface area (Å²) in [6.07, 6.45) is 4.06. The summed E-state index contributed by atoms with van der Waals surface area (Å²) >= 11 is 0. The highest BCUT2D eigenvalue weighted by Gasteiger charge is 2.28. The summed E-state index contributed by atoms with van der Waals surface area (Å²) < 4.78 is 10.7. The molecule has 1 N–H and O–H groups in total. The topological polar surface area (TPSA) is 47.6 Å². The van der Waals surface area contributed by atoms with Gasteiger partial charge in [0.2, 0.25) is 0 Å². The van der Waals surface area contributed by atoms with E-state index in [0.717, 1.165) is 13.0 Å². The van der Waals surface area contributed by atoms with Crippen molar-refractivity contribution in [1.82, 2.24) is 5.32 Å². The van der Waals surface area contributed by atoms with Gasteiger partial charge in [-0.3, -0.25) is 4.79 Å². The first kappa shape index (κ1) is 16.4. The highest BCUT2D eigenvalue weighted by Crippen LogP contribution is 2.20. The second kappa shape index (κ2) is 7.85. The predicted octanol–water partition coefficient (Wildman–Crippen LogP) is 2.51. The van der Waals surface area contributed by atoms with Gasteiger partial charge in [0.05, 0.1) is 6.61 Å². The molecule has 1 saturated carbocycles. The van der Waals surface area contributed by atoms with Crippen molar-refractivity contribution in [2.24, 2.45) is 5.41 Å². The Hall–Kier alpha value is -0.610. The Labute approximate surface area is 117 Å². The molecule has 0 radical (unpaired) electrons. The van der Waals surface area contributed by atoms with E-state index in [1.807, 2.05) is 6.92 Å². The van der Waals surface area contributed by atoms with Crippen molar-refractivity contribution < 1.29 is 14.3 Å². The maximum absolute atomic E-state index is 11.8. The van der Waals surface area contributed by atoms with Crippen molar-refractivity contribution in [3.05, 3.63) is 0 Å². The highest BCUT2D eigenvalue weighted by atomic mass is 16.5. The molecule has 0 amide bonds. The number of carbonyl (C=O) groups excluding carboxylic acids is 1. The van der Waals surface area contributed by atoms with Crippen molar-refractivity contribution in [3.63, 3.8) is 0 Å². The standard InChI is InChI=1S/C15H29NO3/c1-5-19-14(17)13(16-12-6-7-12)8-10-18-11-9-15(2,3)4/h12-13,16H,5-11H2,1-4H3. The van der Waals surface area contributed by atoms with Gasteiger partial charge in [0.25, 0.3) is 0 Å². The molecular formula is C15H29NO3. The minimum Gasteiger partial charge on any atom is -0.465 e. The summed E-state index contributed by atoms with van der Waals surface area (Å²) in [6, 6.07) is 0.297. The average Bonchev–Trinajstić information content (AvgIpc) is 3.09. The van der Waals surface area contributed by atoms with Crippen molar-refractivity contribution in [2.45, 2.75) is 65.5 Å². The molecule has 19 heavy (non-hydrogen) atoms. The molecule has 1 aliphatic rings. The largest absolute Gasteiger partial charge is 0.465 e. The molecule has 0 heterocycles. The molecule has 1 aliphatic carbocycles. The van der Waals surface area contributed by atoms with E-state index >= 15 is 0 Å². The van der Waals surface area contributed by atoms with E-state index in [4.69, 9.17) is 9.47 Å². The van der Waals surface area contributed by atoms with Gasteiger partial charge in [-0.05, 0) is 38.0 Å². The Morgan fingerprint density at radius 1 is 1.32 bits per heavy atom. The molecule has 4 nitrogen and oxygen atoms in total. The molecule has 0 aromatic heterocycles. The number of esters is 1. The Morgan fingerprint density at radius 3 is 2.53 bits per heavy atom. The number of hydrogen-bond acceptors (Lipinski definition) is 4. The van der Waals surface area contributed by atoms with Crippen LogP contribution < -0.4 is 5.32 Å². The van der Waals surface area contributed by atoms with Crippen LogP contribution in [0.25, 0.3) is 0 Å². The summed E-state index contributed by atoms with van der Waals surface area (Å²) in [5.74, 6) is -0.145. The molecule has 112 valence electrons. The molecule has 0 spiro atoms. The highest BCUT2D eigenvalue weighted by molar-refractivity contribution is 5.75. The fraction of sp³-hybridized carbons (Fsp3) is 0.933. The molecule has 0 saturated heterocycles. The van der Waals surface area contributed by atoms with E-state index in [0.29, 0.717) is 31.1 Å². The summed E-state index contributed by atoms with van der Waals surface area (Å²) in [5, 5.41) is 3.33. The Balaban J connectivity index is 2.18. The molecule has 0 aromatic rings. The third kappa shape index (κ3) is 8.22. The molecular weight excluding hydrogens is 242 g/mol. The Kier molecular flexibility index (Phi) is 6.80. The zero-order chi connectivity index (χ0) is 14.3. The molecule has 0 bridgehead atoms. The molecule has 1 unspecified atom stereocenters. The minimum atomic E-state index is -0.206. The van der Waals surface area contributed by atoms with Crippen LogP contribution in [0.1, 0.15) is 53.4 Å². The van der Waals surface area contributed by atoms with Crippen LogP contribution in [-0.2, 0) is 14.3 Å². The minimum absolute atomic E-state index is 0.145. The molecule has 1 fully saturated rings. The third-order valence-corrected chi connectivity index (χ3v) is 3.13. The van der Waals surface area contributed by atoms with Crippen molar-refractivity contribution >= 4 is 5.97 Å². The lowest BCUT2D eigenvalue weighted by atomic mass is 9.93. The predicted molar refractivity (Wildman–Crippen MR) is 76.1 cm³/mol. The number of carbonyl (C=O) groups is 1. The second-order valence-electron chi connectivity index (χ2n) is 6.46. The monoisotopic (exact) mass is 271 g/mol. The van der Waals surface area contributed by atoms with E-state index in [2.05, 4.69) is 26.1 Å². The summed E-state index contributed by atoms with van der Waals surface area (Å²) in [7, 11) is 0. The van der Waals surface area contributed by atoms with E-state index in [9.17, 15) is 4.79 Å². The SMILES string of the molecule is CCOC(=O)C(CCOCCC(C)(C)C)NC1CC1. The van der Waals surface area contributed by atoms with Crippen LogP contribution in [-0.4, -0.2) is 37.9 Å². The number of hydrogen-bond donors (Lipinski definition) is 1. The van der Waals surface area contributed by atoms with E-state index < -0.39 is 0 Å². The number of nitrogens with one attached hydrogen (secondary N) is 1. The van der Waals surface area contributed by atoms with Crippen LogP contribution in [0.4, 0.5) is 0 Å². The Morgan fingerprint density at radius 2 is 2.00 bits per heavy atom. The van der Waals surface area contributed by atoms with Gasteiger partial charge in [-0.2, -0.15) is 0 Å². The van der Waals surface area contributed by atoms with Crippen molar-refractivity contribution in [1.29, 1.82) is 0 Å². The normalized spacial score (nSPS) is 17.3.